The van der Waals surface area contributed by atoms with E-state index in [-0.39, 0.29) is 0 Å². The van der Waals surface area contributed by atoms with E-state index >= 15 is 0 Å². The summed E-state index contributed by atoms with van der Waals surface area (Å²) >= 11 is 13.1. The predicted molar refractivity (Wildman–Crippen MR) is 106 cm³/mol. The Balaban J connectivity index is 1.66. The number of thioether (sulfide) groups is 1. The van der Waals surface area contributed by atoms with Crippen LogP contribution in [0.4, 0.5) is 5.82 Å². The molecule has 4 aromatic rings. The van der Waals surface area contributed by atoms with Gasteiger partial charge in [-0.25, -0.2) is 9.66 Å². The summed E-state index contributed by atoms with van der Waals surface area (Å²) in [5.74, 6) is 2.16. The van der Waals surface area contributed by atoms with Crippen molar-refractivity contribution in [2.24, 2.45) is 0 Å². The summed E-state index contributed by atoms with van der Waals surface area (Å²) in [6, 6.07) is 11.6. The minimum atomic E-state index is 0.611. The average molecular weight is 399 g/mol. The van der Waals surface area contributed by atoms with Crippen LogP contribution in [0.15, 0.2) is 47.8 Å². The molecular formula is C17H11ClN6S2. The zero-order valence-electron chi connectivity index (χ0n) is 13.2. The molecule has 0 unspecified atom stereocenters. The van der Waals surface area contributed by atoms with E-state index in [1.54, 1.807) is 18.0 Å². The van der Waals surface area contributed by atoms with Crippen LogP contribution < -0.4 is 5.43 Å². The van der Waals surface area contributed by atoms with Crippen LogP contribution in [-0.4, -0.2) is 24.8 Å². The fourth-order valence-corrected chi connectivity index (χ4v) is 4.15. The van der Waals surface area contributed by atoms with Gasteiger partial charge in [-0.2, -0.15) is 0 Å². The molecule has 1 aromatic carbocycles. The standard InChI is InChI=1S/C17H11ClN6S2/c18-11-3-4-13-9(7-11)6-10-8-26-17-22-21-15(24(17)23-14(10)20-13)12-2-1-5-19-16(12)25/h1-7H,8H2,(H,19,25)(H,20,23). The van der Waals surface area contributed by atoms with Gasteiger partial charge in [-0.3, -0.25) is 5.43 Å². The molecule has 128 valence electrons. The third-order valence-electron chi connectivity index (χ3n) is 4.12. The lowest BCUT2D eigenvalue weighted by Gasteiger charge is -2.12. The van der Waals surface area contributed by atoms with Gasteiger partial charge >= 0.3 is 0 Å². The van der Waals surface area contributed by atoms with Gasteiger partial charge in [0.15, 0.2) is 5.82 Å². The first-order valence-electron chi connectivity index (χ1n) is 7.81. The molecule has 0 amide bonds. The van der Waals surface area contributed by atoms with Crippen LogP contribution in [0.25, 0.3) is 22.3 Å². The van der Waals surface area contributed by atoms with E-state index in [0.717, 1.165) is 38.8 Å². The minimum Gasteiger partial charge on any atom is -0.352 e. The van der Waals surface area contributed by atoms with E-state index in [9.17, 15) is 0 Å². The molecule has 0 bridgehead atoms. The van der Waals surface area contributed by atoms with Crippen molar-refractivity contribution in [2.45, 2.75) is 10.9 Å². The molecule has 0 saturated carbocycles. The third kappa shape index (κ3) is 2.57. The molecule has 9 heteroatoms. The van der Waals surface area contributed by atoms with Gasteiger partial charge in [-0.15, -0.1) is 10.2 Å². The van der Waals surface area contributed by atoms with Crippen molar-refractivity contribution in [3.05, 3.63) is 57.8 Å². The van der Waals surface area contributed by atoms with Crippen molar-refractivity contribution in [1.29, 1.82) is 0 Å². The Morgan fingerprint density at radius 1 is 1.19 bits per heavy atom. The normalized spacial score (nSPS) is 13.0. The SMILES string of the molecule is S=c1[nH]cccc1-c1nnc2n1Nc1nc3ccc(Cl)cc3cc1CS2. The molecule has 0 saturated heterocycles. The second kappa shape index (κ2) is 6.08. The molecular weight excluding hydrogens is 388 g/mol. The number of fused-ring (bicyclic) bond motifs is 3. The summed E-state index contributed by atoms with van der Waals surface area (Å²) in [4.78, 5) is 7.79. The molecule has 2 N–H and O–H groups in total. The van der Waals surface area contributed by atoms with Gasteiger partial charge in [0, 0.05) is 27.9 Å². The summed E-state index contributed by atoms with van der Waals surface area (Å²) in [5, 5.41) is 11.1. The molecule has 26 heavy (non-hydrogen) atoms. The van der Waals surface area contributed by atoms with E-state index in [0.29, 0.717) is 15.5 Å². The summed E-state index contributed by atoms with van der Waals surface area (Å²) < 4.78 is 2.45. The summed E-state index contributed by atoms with van der Waals surface area (Å²) in [6.45, 7) is 0. The maximum Gasteiger partial charge on any atom is 0.210 e. The number of benzene rings is 1. The van der Waals surface area contributed by atoms with Crippen molar-refractivity contribution in [1.82, 2.24) is 24.8 Å². The highest BCUT2D eigenvalue weighted by atomic mass is 35.5. The van der Waals surface area contributed by atoms with Crippen LogP contribution in [-0.2, 0) is 5.75 Å². The lowest BCUT2D eigenvalue weighted by atomic mass is 10.1. The first-order chi connectivity index (χ1) is 12.7. The molecule has 0 radical (unpaired) electrons. The number of rotatable bonds is 1. The van der Waals surface area contributed by atoms with Crippen LogP contribution in [0.5, 0.6) is 0 Å². The van der Waals surface area contributed by atoms with E-state index in [2.05, 4.69) is 26.7 Å². The number of aromatic amines is 1. The van der Waals surface area contributed by atoms with Crippen LogP contribution in [0.1, 0.15) is 5.56 Å². The van der Waals surface area contributed by atoms with Gasteiger partial charge in [0.1, 0.15) is 10.5 Å². The van der Waals surface area contributed by atoms with Crippen LogP contribution in [0.2, 0.25) is 5.02 Å². The molecule has 1 aliphatic heterocycles. The van der Waals surface area contributed by atoms with Crippen LogP contribution >= 0.6 is 35.6 Å². The van der Waals surface area contributed by atoms with E-state index in [1.165, 1.54) is 0 Å². The Labute approximate surface area is 162 Å². The maximum absolute atomic E-state index is 6.11. The van der Waals surface area contributed by atoms with Crippen LogP contribution in [0, 0.1) is 4.64 Å². The molecule has 6 nitrogen and oxygen atoms in total. The number of H-pyrrole nitrogens is 1. The Kier molecular flexibility index (Phi) is 3.70. The Morgan fingerprint density at radius 3 is 3.00 bits per heavy atom. The Hall–Kier alpha value is -2.42. The number of aromatic nitrogens is 5. The summed E-state index contributed by atoms with van der Waals surface area (Å²) in [6.07, 6.45) is 1.79. The van der Waals surface area contributed by atoms with Gasteiger partial charge in [0.05, 0.1) is 11.1 Å². The zero-order chi connectivity index (χ0) is 17.7. The van der Waals surface area contributed by atoms with E-state index in [4.69, 9.17) is 28.8 Å². The third-order valence-corrected chi connectivity index (χ3v) is 5.67. The highest BCUT2D eigenvalue weighted by Crippen LogP contribution is 2.34. The second-order valence-electron chi connectivity index (χ2n) is 5.79. The second-order valence-corrected chi connectivity index (χ2v) is 7.58. The number of nitrogens with zero attached hydrogens (tertiary/aromatic N) is 4. The first-order valence-corrected chi connectivity index (χ1v) is 9.59. The number of pyridine rings is 2. The zero-order valence-corrected chi connectivity index (χ0v) is 15.6. The van der Waals surface area contributed by atoms with Gasteiger partial charge in [-0.05, 0) is 36.4 Å². The van der Waals surface area contributed by atoms with Gasteiger partial charge in [0.25, 0.3) is 0 Å². The lowest BCUT2D eigenvalue weighted by molar-refractivity contribution is 0.824. The number of hydrogen-bond acceptors (Lipinski definition) is 6. The summed E-state index contributed by atoms with van der Waals surface area (Å²) in [5.41, 5.74) is 6.12. The van der Waals surface area contributed by atoms with E-state index < -0.39 is 0 Å². The summed E-state index contributed by atoms with van der Waals surface area (Å²) in [7, 11) is 0. The molecule has 0 fully saturated rings. The molecule has 4 heterocycles. The highest BCUT2D eigenvalue weighted by molar-refractivity contribution is 7.98. The van der Waals surface area contributed by atoms with Gasteiger partial charge in [-0.1, -0.05) is 35.6 Å². The molecule has 1 aliphatic rings. The van der Waals surface area contributed by atoms with E-state index in [1.807, 2.05) is 35.0 Å². The lowest BCUT2D eigenvalue weighted by Crippen LogP contribution is -2.13. The largest absolute Gasteiger partial charge is 0.352 e. The number of anilines is 1. The fourth-order valence-electron chi connectivity index (χ4n) is 2.88. The minimum absolute atomic E-state index is 0.611. The topological polar surface area (TPSA) is 71.4 Å². The number of nitrogens with one attached hydrogen (secondary N) is 2. The monoisotopic (exact) mass is 398 g/mol. The van der Waals surface area contributed by atoms with Crippen molar-refractivity contribution >= 4 is 52.3 Å². The molecule has 0 spiro atoms. The molecule has 5 rings (SSSR count). The average Bonchev–Trinajstić information content (AvgIpc) is 2.94. The van der Waals surface area contributed by atoms with Gasteiger partial charge < -0.3 is 4.98 Å². The number of hydrogen-bond donors (Lipinski definition) is 2. The Morgan fingerprint density at radius 2 is 2.12 bits per heavy atom. The Bertz CT molecular complexity index is 1220. The smallest absolute Gasteiger partial charge is 0.210 e. The van der Waals surface area contributed by atoms with Crippen molar-refractivity contribution < 1.29 is 0 Å². The number of halogens is 1. The molecule has 0 aliphatic carbocycles. The van der Waals surface area contributed by atoms with Crippen LogP contribution in [0.3, 0.4) is 0 Å². The maximum atomic E-state index is 6.11. The highest BCUT2D eigenvalue weighted by Gasteiger charge is 2.21. The van der Waals surface area contributed by atoms with Crippen molar-refractivity contribution in [3.63, 3.8) is 0 Å². The first kappa shape index (κ1) is 15.8. The molecule has 3 aromatic heterocycles. The molecule has 0 atom stereocenters. The van der Waals surface area contributed by atoms with Crippen molar-refractivity contribution in [2.75, 3.05) is 5.43 Å². The van der Waals surface area contributed by atoms with Gasteiger partial charge in [0.2, 0.25) is 5.16 Å². The van der Waals surface area contributed by atoms with Crippen molar-refractivity contribution in [3.8, 4) is 11.4 Å². The fraction of sp³-hybridized carbons (Fsp3) is 0.0588. The predicted octanol–water partition coefficient (Wildman–Crippen LogP) is 4.69. The quantitative estimate of drug-likeness (QED) is 0.453.